The maximum atomic E-state index is 13.5. The molecular weight excluding hydrogens is 235 g/mol. The van der Waals surface area contributed by atoms with Crippen molar-refractivity contribution in [2.24, 2.45) is 11.8 Å². The zero-order chi connectivity index (χ0) is 14.1. The lowest BCUT2D eigenvalue weighted by molar-refractivity contribution is -0.155. The molecule has 0 aromatic heterocycles. The van der Waals surface area contributed by atoms with E-state index < -0.39 is 23.3 Å². The highest BCUT2D eigenvalue weighted by Gasteiger charge is 2.41. The van der Waals surface area contributed by atoms with Crippen molar-refractivity contribution in [3.8, 4) is 0 Å². The maximum absolute atomic E-state index is 13.5. The Balaban J connectivity index is 3.25. The number of carbonyl (C=O) groups is 1. The minimum Gasteiger partial charge on any atom is -0.481 e. The van der Waals surface area contributed by atoms with Crippen LogP contribution in [0.3, 0.4) is 0 Å². The van der Waals surface area contributed by atoms with Crippen molar-refractivity contribution < 1.29 is 19.4 Å². The lowest BCUT2D eigenvalue weighted by atomic mass is 9.76. The summed E-state index contributed by atoms with van der Waals surface area (Å²) in [4.78, 5) is 11.3. The second-order valence-corrected chi connectivity index (χ2v) is 5.17. The average Bonchev–Trinajstić information content (AvgIpc) is 2.19. The Kier molecular flexibility index (Phi) is 4.12. The first-order chi connectivity index (χ1) is 8.17. The first-order valence-electron chi connectivity index (χ1n) is 5.89. The number of rotatable bonds is 4. The van der Waals surface area contributed by atoms with Crippen molar-refractivity contribution >= 4 is 5.97 Å². The molecule has 1 aromatic carbocycles. The van der Waals surface area contributed by atoms with Gasteiger partial charge >= 0.3 is 5.97 Å². The summed E-state index contributed by atoms with van der Waals surface area (Å²) >= 11 is 0. The monoisotopic (exact) mass is 254 g/mol. The van der Waals surface area contributed by atoms with Gasteiger partial charge in [-0.3, -0.25) is 4.79 Å². The zero-order valence-corrected chi connectivity index (χ0v) is 11.1. The van der Waals surface area contributed by atoms with E-state index in [1.165, 1.54) is 13.0 Å². The van der Waals surface area contributed by atoms with E-state index in [-0.39, 0.29) is 11.5 Å². The van der Waals surface area contributed by atoms with Crippen LogP contribution >= 0.6 is 0 Å². The third kappa shape index (κ3) is 2.70. The Labute approximate surface area is 106 Å². The summed E-state index contributed by atoms with van der Waals surface area (Å²) in [6, 6.07) is 4.31. The van der Waals surface area contributed by atoms with Crippen LogP contribution in [0.25, 0.3) is 0 Å². The van der Waals surface area contributed by atoms with Crippen LogP contribution in [0.2, 0.25) is 0 Å². The molecule has 0 saturated carbocycles. The van der Waals surface area contributed by atoms with Gasteiger partial charge in [0.25, 0.3) is 0 Å². The number of aliphatic carboxylic acids is 1. The van der Waals surface area contributed by atoms with E-state index in [0.29, 0.717) is 5.56 Å². The molecule has 1 rings (SSSR count). The molecule has 2 unspecified atom stereocenters. The zero-order valence-electron chi connectivity index (χ0n) is 11.1. The summed E-state index contributed by atoms with van der Waals surface area (Å²) in [5, 5.41) is 19.7. The number of hydrogen-bond acceptors (Lipinski definition) is 2. The van der Waals surface area contributed by atoms with E-state index in [4.69, 9.17) is 0 Å². The van der Waals surface area contributed by atoms with Crippen molar-refractivity contribution in [1.29, 1.82) is 0 Å². The number of carboxylic acids is 1. The SMILES string of the molecule is Cc1ccc(C(C)(O)C(C(=O)O)C(C)C)cc1F. The lowest BCUT2D eigenvalue weighted by Gasteiger charge is -2.33. The molecule has 0 spiro atoms. The Morgan fingerprint density at radius 1 is 1.39 bits per heavy atom. The Hall–Kier alpha value is -1.42. The predicted molar refractivity (Wildman–Crippen MR) is 66.7 cm³/mol. The largest absolute Gasteiger partial charge is 0.481 e. The molecule has 1 aromatic rings. The van der Waals surface area contributed by atoms with Crippen LogP contribution < -0.4 is 0 Å². The van der Waals surface area contributed by atoms with Gasteiger partial charge in [0.1, 0.15) is 11.4 Å². The first kappa shape index (κ1) is 14.6. The third-order valence-corrected chi connectivity index (χ3v) is 3.29. The van der Waals surface area contributed by atoms with Crippen LogP contribution in [0, 0.1) is 24.6 Å². The molecule has 0 aliphatic heterocycles. The standard InChI is InChI=1S/C14H19FO3/c1-8(2)12(13(16)17)14(4,18)10-6-5-9(3)11(15)7-10/h5-8,12,18H,1-4H3,(H,16,17). The van der Waals surface area contributed by atoms with Crippen LogP contribution in [-0.2, 0) is 10.4 Å². The Morgan fingerprint density at radius 3 is 2.33 bits per heavy atom. The molecule has 0 amide bonds. The molecule has 0 heterocycles. The Morgan fingerprint density at radius 2 is 1.94 bits per heavy atom. The summed E-state index contributed by atoms with van der Waals surface area (Å²) in [5.41, 5.74) is -0.855. The molecule has 100 valence electrons. The van der Waals surface area contributed by atoms with Crippen molar-refractivity contribution in [2.75, 3.05) is 0 Å². The molecule has 0 saturated heterocycles. The topological polar surface area (TPSA) is 57.5 Å². The quantitative estimate of drug-likeness (QED) is 0.868. The van der Waals surface area contributed by atoms with Gasteiger partial charge in [-0.15, -0.1) is 0 Å². The fourth-order valence-electron chi connectivity index (χ4n) is 2.26. The van der Waals surface area contributed by atoms with Gasteiger partial charge in [0, 0.05) is 0 Å². The van der Waals surface area contributed by atoms with Crippen LogP contribution in [0.1, 0.15) is 31.9 Å². The number of aliphatic hydroxyl groups is 1. The molecule has 0 bridgehead atoms. The minimum absolute atomic E-state index is 0.262. The van der Waals surface area contributed by atoms with Crippen LogP contribution in [0.4, 0.5) is 4.39 Å². The van der Waals surface area contributed by atoms with Gasteiger partial charge in [-0.1, -0.05) is 26.0 Å². The normalized spacial score (nSPS) is 16.4. The molecule has 2 atom stereocenters. The van der Waals surface area contributed by atoms with Crippen molar-refractivity contribution in [1.82, 2.24) is 0 Å². The van der Waals surface area contributed by atoms with Crippen LogP contribution in [-0.4, -0.2) is 16.2 Å². The molecule has 0 aliphatic carbocycles. The van der Waals surface area contributed by atoms with Gasteiger partial charge < -0.3 is 10.2 Å². The summed E-state index contributed by atoms with van der Waals surface area (Å²) in [6.45, 7) is 6.47. The highest BCUT2D eigenvalue weighted by atomic mass is 19.1. The number of benzene rings is 1. The second-order valence-electron chi connectivity index (χ2n) is 5.17. The first-order valence-corrected chi connectivity index (χ1v) is 5.89. The minimum atomic E-state index is -1.60. The summed E-state index contributed by atoms with van der Waals surface area (Å²) < 4.78 is 13.5. The number of hydrogen-bond donors (Lipinski definition) is 2. The van der Waals surface area contributed by atoms with Gasteiger partial charge in [0.2, 0.25) is 0 Å². The highest BCUT2D eigenvalue weighted by molar-refractivity contribution is 5.72. The molecule has 4 heteroatoms. The van der Waals surface area contributed by atoms with E-state index >= 15 is 0 Å². The van der Waals surface area contributed by atoms with E-state index in [2.05, 4.69) is 0 Å². The van der Waals surface area contributed by atoms with E-state index in [1.54, 1.807) is 32.9 Å². The fraction of sp³-hybridized carbons (Fsp3) is 0.500. The van der Waals surface area contributed by atoms with E-state index in [9.17, 15) is 19.4 Å². The number of carboxylic acid groups (broad SMARTS) is 1. The molecule has 2 N–H and O–H groups in total. The summed E-state index contributed by atoms with van der Waals surface area (Å²) in [7, 11) is 0. The molecular formula is C14H19FO3. The second kappa shape index (κ2) is 5.06. The van der Waals surface area contributed by atoms with Gasteiger partial charge in [0.05, 0.1) is 5.92 Å². The number of halogens is 1. The average molecular weight is 254 g/mol. The lowest BCUT2D eigenvalue weighted by Crippen LogP contribution is -2.40. The van der Waals surface area contributed by atoms with E-state index in [0.717, 1.165) is 0 Å². The van der Waals surface area contributed by atoms with Gasteiger partial charge in [-0.25, -0.2) is 4.39 Å². The van der Waals surface area contributed by atoms with Crippen molar-refractivity contribution in [2.45, 2.75) is 33.3 Å². The van der Waals surface area contributed by atoms with Crippen molar-refractivity contribution in [3.63, 3.8) is 0 Å². The third-order valence-electron chi connectivity index (χ3n) is 3.29. The van der Waals surface area contributed by atoms with Gasteiger partial charge in [-0.05, 0) is 37.0 Å². The fourth-order valence-corrected chi connectivity index (χ4v) is 2.26. The molecule has 0 radical (unpaired) electrons. The molecule has 3 nitrogen and oxygen atoms in total. The maximum Gasteiger partial charge on any atom is 0.310 e. The predicted octanol–water partition coefficient (Wildman–Crippen LogP) is 2.70. The van der Waals surface area contributed by atoms with Crippen molar-refractivity contribution in [3.05, 3.63) is 35.1 Å². The Bertz CT molecular complexity index is 452. The number of aryl methyl sites for hydroxylation is 1. The highest BCUT2D eigenvalue weighted by Crippen LogP contribution is 2.35. The summed E-state index contributed by atoms with van der Waals surface area (Å²) in [5.74, 6) is -2.78. The van der Waals surface area contributed by atoms with Crippen LogP contribution in [0.5, 0.6) is 0 Å². The van der Waals surface area contributed by atoms with Crippen LogP contribution in [0.15, 0.2) is 18.2 Å². The van der Waals surface area contributed by atoms with E-state index in [1.807, 2.05) is 0 Å². The molecule has 18 heavy (non-hydrogen) atoms. The summed E-state index contributed by atoms with van der Waals surface area (Å²) in [6.07, 6.45) is 0. The smallest absolute Gasteiger partial charge is 0.310 e. The van der Waals surface area contributed by atoms with Gasteiger partial charge in [0.15, 0.2) is 0 Å². The molecule has 0 aliphatic rings. The molecule has 0 fully saturated rings. The van der Waals surface area contributed by atoms with Gasteiger partial charge in [-0.2, -0.15) is 0 Å².